The highest BCUT2D eigenvalue weighted by atomic mass is 32.1. The summed E-state index contributed by atoms with van der Waals surface area (Å²) < 4.78 is 2.11. The second-order valence-electron chi connectivity index (χ2n) is 10.1. The van der Waals surface area contributed by atoms with Crippen molar-refractivity contribution in [2.45, 2.75) is 65.0 Å². The van der Waals surface area contributed by atoms with E-state index in [9.17, 15) is 4.79 Å². The molecule has 3 aromatic rings. The number of aromatic nitrogens is 3. The highest BCUT2D eigenvalue weighted by Crippen LogP contribution is 2.30. The quantitative estimate of drug-likeness (QED) is 0.476. The van der Waals surface area contributed by atoms with Crippen LogP contribution in [0.15, 0.2) is 42.6 Å². The summed E-state index contributed by atoms with van der Waals surface area (Å²) in [5, 5.41) is 17.6. The van der Waals surface area contributed by atoms with E-state index in [1.54, 1.807) is 11.3 Å². The van der Waals surface area contributed by atoms with Crippen LogP contribution in [-0.2, 0) is 11.3 Å². The average molecular weight is 493 g/mol. The van der Waals surface area contributed by atoms with Gasteiger partial charge < -0.3 is 15.5 Å². The Labute approximate surface area is 211 Å². The Balaban J connectivity index is 1.15. The Morgan fingerprint density at radius 1 is 1.03 bits per heavy atom. The Hall–Kier alpha value is -2.87. The molecule has 1 saturated carbocycles. The molecule has 1 amide bonds. The minimum Gasteiger partial charge on any atom is -0.379 e. The van der Waals surface area contributed by atoms with Crippen molar-refractivity contribution in [3.8, 4) is 5.13 Å². The third-order valence-corrected chi connectivity index (χ3v) is 8.53. The van der Waals surface area contributed by atoms with Crippen molar-refractivity contribution in [3.63, 3.8) is 0 Å². The topological polar surface area (TPSA) is 75.1 Å². The fourth-order valence-electron chi connectivity index (χ4n) is 5.21. The molecular weight excluding hydrogens is 456 g/mol. The van der Waals surface area contributed by atoms with Gasteiger partial charge in [-0.15, -0.1) is 10.2 Å². The number of hydrogen-bond donors (Lipinski definition) is 2. The number of aryl methyl sites for hydroxylation is 1. The molecule has 2 aromatic heterocycles. The molecule has 1 aromatic carbocycles. The summed E-state index contributed by atoms with van der Waals surface area (Å²) in [5.74, 6) is 0.953. The normalized spacial score (nSPS) is 21.1. The predicted molar refractivity (Wildman–Crippen MR) is 142 cm³/mol. The average Bonchev–Trinajstić information content (AvgIpc) is 3.55. The number of carbonyl (C=O) groups is 1. The molecule has 2 aliphatic rings. The zero-order valence-corrected chi connectivity index (χ0v) is 21.6. The van der Waals surface area contributed by atoms with Gasteiger partial charge in [0.2, 0.25) is 16.2 Å². The molecule has 2 N–H and O–H groups in total. The van der Waals surface area contributed by atoms with Crippen LogP contribution in [0.25, 0.3) is 5.13 Å². The monoisotopic (exact) mass is 492 g/mol. The molecule has 186 valence electrons. The predicted octanol–water partition coefficient (Wildman–Crippen LogP) is 5.16. The molecule has 1 saturated heterocycles. The Morgan fingerprint density at radius 3 is 2.54 bits per heavy atom. The lowest BCUT2D eigenvalue weighted by Crippen LogP contribution is -2.46. The van der Waals surface area contributed by atoms with E-state index in [1.165, 1.54) is 24.8 Å². The standard InChI is InChI=1S/C27H36N6OS/c1-19-9-11-22(12-10-19)28-18-23-7-5-15-33(23)27-31-30-26(35-27)32-16-13-21(14-17-32)25(34)29-24-8-4-3-6-20(24)2/h5,7,9-12,15,20-21,24,28H,3-4,6,8,13-14,16-18H2,1-2H3,(H,29,34). The summed E-state index contributed by atoms with van der Waals surface area (Å²) in [6, 6.07) is 12.9. The summed E-state index contributed by atoms with van der Waals surface area (Å²) in [6.07, 6.45) is 8.67. The maximum absolute atomic E-state index is 12.9. The summed E-state index contributed by atoms with van der Waals surface area (Å²) in [4.78, 5) is 15.1. The van der Waals surface area contributed by atoms with Crippen molar-refractivity contribution in [1.82, 2.24) is 20.1 Å². The van der Waals surface area contributed by atoms with E-state index in [1.807, 2.05) is 12.3 Å². The Bertz CT molecular complexity index is 1110. The number of rotatable bonds is 7. The van der Waals surface area contributed by atoms with Crippen LogP contribution < -0.4 is 15.5 Å². The van der Waals surface area contributed by atoms with Gasteiger partial charge in [0.25, 0.3) is 0 Å². The summed E-state index contributed by atoms with van der Waals surface area (Å²) in [6.45, 7) is 6.78. The molecule has 0 radical (unpaired) electrons. The number of carbonyl (C=O) groups excluding carboxylic acids is 1. The third kappa shape index (κ3) is 5.69. The molecule has 0 bridgehead atoms. The fraction of sp³-hybridized carbons (Fsp3) is 0.519. The van der Waals surface area contributed by atoms with Crippen molar-refractivity contribution in [3.05, 3.63) is 53.9 Å². The smallest absolute Gasteiger partial charge is 0.223 e. The van der Waals surface area contributed by atoms with Gasteiger partial charge >= 0.3 is 0 Å². The second kappa shape index (κ2) is 10.8. The van der Waals surface area contributed by atoms with E-state index in [0.29, 0.717) is 18.5 Å². The zero-order valence-electron chi connectivity index (χ0n) is 20.7. The van der Waals surface area contributed by atoms with E-state index in [4.69, 9.17) is 0 Å². The van der Waals surface area contributed by atoms with E-state index < -0.39 is 0 Å². The molecule has 5 rings (SSSR count). The Kier molecular flexibility index (Phi) is 7.37. The third-order valence-electron chi connectivity index (χ3n) is 7.54. The minimum absolute atomic E-state index is 0.108. The summed E-state index contributed by atoms with van der Waals surface area (Å²) in [5.41, 5.74) is 3.50. The first-order valence-corrected chi connectivity index (χ1v) is 13.7. The van der Waals surface area contributed by atoms with E-state index in [-0.39, 0.29) is 11.8 Å². The zero-order chi connectivity index (χ0) is 24.2. The van der Waals surface area contributed by atoms with Crippen LogP contribution in [0.3, 0.4) is 0 Å². The van der Waals surface area contributed by atoms with Crippen LogP contribution in [0.2, 0.25) is 0 Å². The lowest BCUT2D eigenvalue weighted by molar-refractivity contribution is -0.126. The van der Waals surface area contributed by atoms with Gasteiger partial charge in [-0.05, 0) is 62.8 Å². The van der Waals surface area contributed by atoms with Gasteiger partial charge in [-0.1, -0.05) is 48.8 Å². The minimum atomic E-state index is 0.108. The van der Waals surface area contributed by atoms with Crippen molar-refractivity contribution in [2.75, 3.05) is 23.3 Å². The van der Waals surface area contributed by atoms with Gasteiger partial charge in [-0.3, -0.25) is 9.36 Å². The van der Waals surface area contributed by atoms with Gasteiger partial charge in [-0.25, -0.2) is 0 Å². The van der Waals surface area contributed by atoms with Crippen molar-refractivity contribution in [2.24, 2.45) is 11.8 Å². The van der Waals surface area contributed by atoms with Crippen molar-refractivity contribution in [1.29, 1.82) is 0 Å². The molecule has 0 spiro atoms. The number of anilines is 2. The molecule has 1 aliphatic carbocycles. The van der Waals surface area contributed by atoms with Gasteiger partial charge in [0.1, 0.15) is 0 Å². The first-order chi connectivity index (χ1) is 17.1. The number of amides is 1. The molecule has 8 heteroatoms. The number of piperidine rings is 1. The highest BCUT2D eigenvalue weighted by molar-refractivity contribution is 7.17. The van der Waals surface area contributed by atoms with Crippen LogP contribution in [0.5, 0.6) is 0 Å². The first-order valence-electron chi connectivity index (χ1n) is 12.9. The lowest BCUT2D eigenvalue weighted by Gasteiger charge is -2.34. The maximum Gasteiger partial charge on any atom is 0.223 e. The van der Waals surface area contributed by atoms with E-state index >= 15 is 0 Å². The molecule has 2 atom stereocenters. The summed E-state index contributed by atoms with van der Waals surface area (Å²) in [7, 11) is 0. The van der Waals surface area contributed by atoms with Crippen LogP contribution in [0.1, 0.15) is 56.7 Å². The van der Waals surface area contributed by atoms with Gasteiger partial charge in [0, 0.05) is 42.6 Å². The van der Waals surface area contributed by atoms with Crippen LogP contribution in [0, 0.1) is 18.8 Å². The molecule has 1 aliphatic heterocycles. The number of hydrogen-bond acceptors (Lipinski definition) is 6. The molecule has 2 unspecified atom stereocenters. The first kappa shape index (κ1) is 23.9. The van der Waals surface area contributed by atoms with Gasteiger partial charge in [-0.2, -0.15) is 0 Å². The van der Waals surface area contributed by atoms with E-state index in [0.717, 1.165) is 54.0 Å². The van der Waals surface area contributed by atoms with Crippen molar-refractivity contribution >= 4 is 28.1 Å². The molecular formula is C27H36N6OS. The maximum atomic E-state index is 12.9. The summed E-state index contributed by atoms with van der Waals surface area (Å²) >= 11 is 1.61. The van der Waals surface area contributed by atoms with Gasteiger partial charge in [0.05, 0.1) is 6.54 Å². The lowest BCUT2D eigenvalue weighted by atomic mass is 9.85. The second-order valence-corrected chi connectivity index (χ2v) is 11.0. The Morgan fingerprint density at radius 2 is 1.77 bits per heavy atom. The number of benzene rings is 1. The van der Waals surface area contributed by atoms with Crippen molar-refractivity contribution < 1.29 is 4.79 Å². The molecule has 7 nitrogen and oxygen atoms in total. The fourth-order valence-corrected chi connectivity index (χ4v) is 6.12. The van der Waals surface area contributed by atoms with Crippen LogP contribution >= 0.6 is 11.3 Å². The number of nitrogens with zero attached hydrogens (tertiary/aromatic N) is 4. The molecule has 2 fully saturated rings. The van der Waals surface area contributed by atoms with Crippen LogP contribution in [-0.4, -0.2) is 39.8 Å². The van der Waals surface area contributed by atoms with Crippen LogP contribution in [0.4, 0.5) is 10.8 Å². The van der Waals surface area contributed by atoms with E-state index in [2.05, 4.69) is 74.5 Å². The molecule has 35 heavy (non-hydrogen) atoms. The number of nitrogens with one attached hydrogen (secondary N) is 2. The SMILES string of the molecule is Cc1ccc(NCc2cccn2-c2nnc(N3CCC(C(=O)NC4CCCCC4C)CC3)s2)cc1. The highest BCUT2D eigenvalue weighted by Gasteiger charge is 2.30. The molecule has 3 heterocycles. The largest absolute Gasteiger partial charge is 0.379 e. The van der Waals surface area contributed by atoms with Gasteiger partial charge in [0.15, 0.2) is 0 Å².